The molecule has 4 heteroatoms. The highest BCUT2D eigenvalue weighted by Crippen LogP contribution is 1.83. The molecular formula is C5H9N4. The molecule has 1 N–H and O–H groups in total. The fourth-order valence-corrected chi connectivity index (χ4v) is 0.589. The summed E-state index contributed by atoms with van der Waals surface area (Å²) in [5, 5.41) is 3.88. The maximum absolute atomic E-state index is 6.84. The molecule has 49 valence electrons. The van der Waals surface area contributed by atoms with E-state index in [1.165, 1.54) is 6.33 Å². The van der Waals surface area contributed by atoms with Crippen molar-refractivity contribution in [2.45, 2.75) is 13.0 Å². The molecule has 0 bridgehead atoms. The third-order valence-corrected chi connectivity index (χ3v) is 1.03. The van der Waals surface area contributed by atoms with Gasteiger partial charge in [0, 0.05) is 13.1 Å². The SMILES string of the molecule is [NH]CCCn1cncn1. The monoisotopic (exact) mass is 125 g/mol. The van der Waals surface area contributed by atoms with Crippen LogP contribution in [-0.4, -0.2) is 21.3 Å². The largest absolute Gasteiger partial charge is 0.258 e. The molecule has 0 aliphatic heterocycles. The lowest BCUT2D eigenvalue weighted by Gasteiger charge is -1.94. The number of rotatable bonds is 3. The molecule has 1 rings (SSSR count). The zero-order valence-corrected chi connectivity index (χ0v) is 5.12. The highest BCUT2D eigenvalue weighted by Gasteiger charge is 1.87. The first kappa shape index (κ1) is 6.22. The predicted molar refractivity (Wildman–Crippen MR) is 32.6 cm³/mol. The van der Waals surface area contributed by atoms with Crippen LogP contribution >= 0.6 is 0 Å². The number of aryl methyl sites for hydroxylation is 1. The molecule has 0 atom stereocenters. The van der Waals surface area contributed by atoms with Gasteiger partial charge in [0.1, 0.15) is 12.7 Å². The topological polar surface area (TPSA) is 54.5 Å². The lowest BCUT2D eigenvalue weighted by molar-refractivity contribution is 0.580. The number of aromatic nitrogens is 3. The highest BCUT2D eigenvalue weighted by molar-refractivity contribution is 4.55. The second-order valence-corrected chi connectivity index (χ2v) is 1.76. The van der Waals surface area contributed by atoms with E-state index in [9.17, 15) is 0 Å². The molecule has 0 fully saturated rings. The Morgan fingerprint density at radius 3 is 3.00 bits per heavy atom. The Hall–Kier alpha value is -0.900. The molecule has 0 aromatic carbocycles. The number of nitrogens with zero attached hydrogens (tertiary/aromatic N) is 3. The maximum Gasteiger partial charge on any atom is 0.137 e. The Morgan fingerprint density at radius 1 is 1.56 bits per heavy atom. The van der Waals surface area contributed by atoms with Crippen molar-refractivity contribution in [1.82, 2.24) is 20.5 Å². The van der Waals surface area contributed by atoms with Gasteiger partial charge in [0.2, 0.25) is 0 Å². The smallest absolute Gasteiger partial charge is 0.137 e. The van der Waals surface area contributed by atoms with Crippen molar-refractivity contribution >= 4 is 0 Å². The fourth-order valence-electron chi connectivity index (χ4n) is 0.589. The van der Waals surface area contributed by atoms with Crippen LogP contribution in [-0.2, 0) is 6.54 Å². The van der Waals surface area contributed by atoms with Gasteiger partial charge < -0.3 is 0 Å². The van der Waals surface area contributed by atoms with Crippen LogP contribution < -0.4 is 5.73 Å². The summed E-state index contributed by atoms with van der Waals surface area (Å²) in [7, 11) is 0. The fraction of sp³-hybridized carbons (Fsp3) is 0.600. The molecule has 0 aliphatic carbocycles. The normalized spacial score (nSPS) is 9.89. The van der Waals surface area contributed by atoms with Crippen LogP contribution in [0.25, 0.3) is 0 Å². The Labute approximate surface area is 53.7 Å². The predicted octanol–water partition coefficient (Wildman–Crippen LogP) is -0.0489. The summed E-state index contributed by atoms with van der Waals surface area (Å²) in [6.45, 7) is 1.27. The van der Waals surface area contributed by atoms with Crippen molar-refractivity contribution in [2.75, 3.05) is 6.54 Å². The number of nitrogens with one attached hydrogen (secondary N) is 1. The molecule has 0 amide bonds. The Bertz CT molecular complexity index is 146. The Morgan fingerprint density at radius 2 is 2.44 bits per heavy atom. The summed E-state index contributed by atoms with van der Waals surface area (Å²) < 4.78 is 1.73. The lowest BCUT2D eigenvalue weighted by Crippen LogP contribution is -2.00. The van der Waals surface area contributed by atoms with Gasteiger partial charge in [-0.3, -0.25) is 10.4 Å². The molecule has 1 radical (unpaired) electrons. The summed E-state index contributed by atoms with van der Waals surface area (Å²) >= 11 is 0. The van der Waals surface area contributed by atoms with E-state index >= 15 is 0 Å². The molecule has 4 nitrogen and oxygen atoms in total. The minimum absolute atomic E-state index is 0.458. The summed E-state index contributed by atoms with van der Waals surface area (Å²) in [5.74, 6) is 0. The molecule has 1 aromatic rings. The van der Waals surface area contributed by atoms with Crippen molar-refractivity contribution in [3.05, 3.63) is 12.7 Å². The van der Waals surface area contributed by atoms with E-state index in [-0.39, 0.29) is 0 Å². The molecule has 1 heterocycles. The van der Waals surface area contributed by atoms with Crippen molar-refractivity contribution < 1.29 is 0 Å². The first-order valence-corrected chi connectivity index (χ1v) is 2.90. The molecule has 1 aromatic heterocycles. The zero-order valence-electron chi connectivity index (χ0n) is 5.12. The average molecular weight is 125 g/mol. The van der Waals surface area contributed by atoms with Crippen LogP contribution in [0.1, 0.15) is 6.42 Å². The second kappa shape index (κ2) is 3.19. The molecule has 9 heavy (non-hydrogen) atoms. The first-order valence-electron chi connectivity index (χ1n) is 2.90. The van der Waals surface area contributed by atoms with Gasteiger partial charge in [0.05, 0.1) is 0 Å². The highest BCUT2D eigenvalue weighted by atomic mass is 15.3. The van der Waals surface area contributed by atoms with E-state index in [4.69, 9.17) is 5.73 Å². The molecule has 0 unspecified atom stereocenters. The average Bonchev–Trinajstić information content (AvgIpc) is 2.34. The van der Waals surface area contributed by atoms with Gasteiger partial charge in [0.15, 0.2) is 0 Å². The zero-order chi connectivity index (χ0) is 6.53. The van der Waals surface area contributed by atoms with Gasteiger partial charge in [-0.1, -0.05) is 0 Å². The summed E-state index contributed by atoms with van der Waals surface area (Å²) in [6, 6.07) is 0. The van der Waals surface area contributed by atoms with E-state index in [1.54, 1.807) is 11.0 Å². The molecule has 0 spiro atoms. The van der Waals surface area contributed by atoms with Crippen LogP contribution in [0.15, 0.2) is 12.7 Å². The van der Waals surface area contributed by atoms with Gasteiger partial charge >= 0.3 is 0 Å². The van der Waals surface area contributed by atoms with Gasteiger partial charge in [-0.2, -0.15) is 5.10 Å². The van der Waals surface area contributed by atoms with E-state index in [0.717, 1.165) is 13.0 Å². The first-order chi connectivity index (χ1) is 4.43. The summed E-state index contributed by atoms with van der Waals surface area (Å²) in [6.07, 6.45) is 4.02. The van der Waals surface area contributed by atoms with E-state index in [1.807, 2.05) is 0 Å². The van der Waals surface area contributed by atoms with E-state index in [2.05, 4.69) is 10.1 Å². The van der Waals surface area contributed by atoms with Gasteiger partial charge in [-0.25, -0.2) is 4.98 Å². The standard InChI is InChI=1S/C5H9N4/c6-2-1-3-9-5-7-4-8-9/h4-6H,1-3H2. The third-order valence-electron chi connectivity index (χ3n) is 1.03. The molecule has 0 aliphatic rings. The third kappa shape index (κ3) is 1.81. The van der Waals surface area contributed by atoms with Gasteiger partial charge in [-0.15, -0.1) is 0 Å². The Kier molecular flexibility index (Phi) is 2.21. The van der Waals surface area contributed by atoms with Crippen molar-refractivity contribution in [1.29, 1.82) is 0 Å². The lowest BCUT2D eigenvalue weighted by atomic mass is 10.4. The summed E-state index contributed by atoms with van der Waals surface area (Å²) in [5.41, 5.74) is 6.84. The van der Waals surface area contributed by atoms with Crippen LogP contribution in [0.3, 0.4) is 0 Å². The minimum Gasteiger partial charge on any atom is -0.258 e. The Balaban J connectivity index is 2.30. The second-order valence-electron chi connectivity index (χ2n) is 1.76. The van der Waals surface area contributed by atoms with Crippen LogP contribution in [0, 0.1) is 0 Å². The summed E-state index contributed by atoms with van der Waals surface area (Å²) in [4.78, 5) is 3.77. The minimum atomic E-state index is 0.458. The maximum atomic E-state index is 6.84. The molecule has 0 saturated heterocycles. The van der Waals surface area contributed by atoms with Gasteiger partial charge in [-0.05, 0) is 6.42 Å². The van der Waals surface area contributed by atoms with Crippen LogP contribution in [0.5, 0.6) is 0 Å². The number of hydrogen-bond donors (Lipinski definition) is 0. The van der Waals surface area contributed by atoms with Crippen molar-refractivity contribution in [3.8, 4) is 0 Å². The van der Waals surface area contributed by atoms with Crippen molar-refractivity contribution in [2.24, 2.45) is 0 Å². The number of hydrogen-bond acceptors (Lipinski definition) is 2. The van der Waals surface area contributed by atoms with Crippen molar-refractivity contribution in [3.63, 3.8) is 0 Å². The quantitative estimate of drug-likeness (QED) is 0.568. The van der Waals surface area contributed by atoms with Gasteiger partial charge in [0.25, 0.3) is 0 Å². The van der Waals surface area contributed by atoms with E-state index < -0.39 is 0 Å². The van der Waals surface area contributed by atoms with Crippen LogP contribution in [0.2, 0.25) is 0 Å². The molecular weight excluding hydrogens is 116 g/mol. The molecule has 0 saturated carbocycles. The van der Waals surface area contributed by atoms with E-state index in [0.29, 0.717) is 6.54 Å². The van der Waals surface area contributed by atoms with Crippen LogP contribution in [0.4, 0.5) is 0 Å².